The summed E-state index contributed by atoms with van der Waals surface area (Å²) in [5.41, 5.74) is 0. The molecule has 0 bridgehead atoms. The number of nitrogens with zero attached hydrogens (tertiary/aromatic N) is 2. The summed E-state index contributed by atoms with van der Waals surface area (Å²) in [6.45, 7) is 4.32. The predicted octanol–water partition coefficient (Wildman–Crippen LogP) is 3.16. The minimum Gasteiger partial charge on any atom is -0.394 e. The highest BCUT2D eigenvalue weighted by atomic mass is 35.5. The summed E-state index contributed by atoms with van der Waals surface area (Å²) in [7, 11) is 0. The highest BCUT2D eigenvalue weighted by molar-refractivity contribution is 7.16. The molecule has 0 aliphatic rings. The van der Waals surface area contributed by atoms with Crippen molar-refractivity contribution >= 4 is 39.0 Å². The van der Waals surface area contributed by atoms with Gasteiger partial charge in [0.25, 0.3) is 0 Å². The van der Waals surface area contributed by atoms with Crippen molar-refractivity contribution < 1.29 is 5.11 Å². The second-order valence-electron chi connectivity index (χ2n) is 4.63. The van der Waals surface area contributed by atoms with Crippen LogP contribution in [-0.4, -0.2) is 27.7 Å². The quantitative estimate of drug-likeness (QED) is 0.829. The molecule has 0 radical (unpaired) electrons. The fourth-order valence-corrected chi connectivity index (χ4v) is 2.86. The zero-order valence-corrected chi connectivity index (χ0v) is 11.9. The lowest BCUT2D eigenvalue weighted by atomic mass is 10.0. The summed E-state index contributed by atoms with van der Waals surface area (Å²) in [5.74, 6) is 1.20. The van der Waals surface area contributed by atoms with E-state index in [0.29, 0.717) is 11.7 Å². The second-order valence-corrected chi connectivity index (χ2v) is 5.87. The molecule has 1 atom stereocenters. The number of hydrogen-bond acceptors (Lipinski definition) is 5. The van der Waals surface area contributed by atoms with Crippen LogP contribution >= 0.6 is 22.9 Å². The smallest absolute Gasteiger partial charge is 0.225 e. The number of aromatic nitrogens is 2. The molecule has 6 heteroatoms. The maximum Gasteiger partial charge on any atom is 0.225 e. The molecule has 1 unspecified atom stereocenters. The molecule has 0 aliphatic heterocycles. The summed E-state index contributed by atoms with van der Waals surface area (Å²) in [4.78, 5) is 9.23. The number of thiophene rings is 1. The van der Waals surface area contributed by atoms with Crippen molar-refractivity contribution in [3.8, 4) is 0 Å². The predicted molar refractivity (Wildman–Crippen MR) is 76.4 cm³/mol. The topological polar surface area (TPSA) is 58.0 Å². The van der Waals surface area contributed by atoms with Crippen molar-refractivity contribution in [2.75, 3.05) is 11.9 Å². The van der Waals surface area contributed by atoms with Gasteiger partial charge in [-0.05, 0) is 35.4 Å². The second kappa shape index (κ2) is 5.82. The number of rotatable bonds is 5. The number of hydrogen-bond donors (Lipinski definition) is 2. The van der Waals surface area contributed by atoms with Crippen molar-refractivity contribution in [2.45, 2.75) is 26.3 Å². The maximum atomic E-state index is 9.39. The van der Waals surface area contributed by atoms with E-state index < -0.39 is 0 Å². The van der Waals surface area contributed by atoms with Crippen LogP contribution in [0, 0.1) is 5.92 Å². The minimum absolute atomic E-state index is 0.0148. The fraction of sp³-hybridized carbons (Fsp3) is 0.500. The van der Waals surface area contributed by atoms with E-state index in [1.54, 1.807) is 0 Å². The maximum absolute atomic E-state index is 9.39. The number of nitrogens with one attached hydrogen (secondary N) is 1. The minimum atomic E-state index is -0.0148. The van der Waals surface area contributed by atoms with Gasteiger partial charge in [-0.1, -0.05) is 13.8 Å². The summed E-state index contributed by atoms with van der Waals surface area (Å²) < 4.78 is 0. The molecule has 2 aromatic heterocycles. The van der Waals surface area contributed by atoms with E-state index in [1.165, 1.54) is 11.3 Å². The van der Waals surface area contributed by atoms with Gasteiger partial charge in [-0.15, -0.1) is 11.3 Å². The normalized spacial score (nSPS) is 13.2. The van der Waals surface area contributed by atoms with Crippen molar-refractivity contribution in [3.63, 3.8) is 0 Å². The standard InChI is InChI=1S/C12H16ClN3OS/c1-7(2)5-8(6-17)14-10-9-3-4-18-11(9)16-12(13)15-10/h3-4,7-8,17H,5-6H2,1-2H3,(H,14,15,16). The Morgan fingerprint density at radius 1 is 1.44 bits per heavy atom. The molecule has 0 spiro atoms. The van der Waals surface area contributed by atoms with Crippen LogP contribution in [0.5, 0.6) is 0 Å². The average molecular weight is 286 g/mol. The fourth-order valence-electron chi connectivity index (χ4n) is 1.88. The van der Waals surface area contributed by atoms with Crippen molar-refractivity contribution in [2.24, 2.45) is 5.92 Å². The molecule has 4 nitrogen and oxygen atoms in total. The largest absolute Gasteiger partial charge is 0.394 e. The molecule has 0 saturated heterocycles. The lowest BCUT2D eigenvalue weighted by molar-refractivity contribution is 0.259. The summed E-state index contributed by atoms with van der Waals surface area (Å²) in [6.07, 6.45) is 0.879. The van der Waals surface area contributed by atoms with Crippen molar-refractivity contribution in [1.82, 2.24) is 9.97 Å². The van der Waals surface area contributed by atoms with E-state index in [1.807, 2.05) is 11.4 Å². The van der Waals surface area contributed by atoms with Gasteiger partial charge < -0.3 is 10.4 Å². The first-order chi connectivity index (χ1) is 8.60. The van der Waals surface area contributed by atoms with Crippen LogP contribution in [0.2, 0.25) is 5.28 Å². The van der Waals surface area contributed by atoms with E-state index in [9.17, 15) is 5.11 Å². The van der Waals surface area contributed by atoms with Crippen LogP contribution < -0.4 is 5.32 Å². The molecule has 0 fully saturated rings. The van der Waals surface area contributed by atoms with Gasteiger partial charge in [0.1, 0.15) is 10.6 Å². The van der Waals surface area contributed by atoms with Crippen LogP contribution in [-0.2, 0) is 0 Å². The average Bonchev–Trinajstić information content (AvgIpc) is 2.75. The van der Waals surface area contributed by atoms with E-state index in [4.69, 9.17) is 11.6 Å². The Balaban J connectivity index is 2.26. The third-order valence-electron chi connectivity index (χ3n) is 2.61. The SMILES string of the molecule is CC(C)CC(CO)Nc1nc(Cl)nc2sccc12. The summed E-state index contributed by atoms with van der Waals surface area (Å²) in [5, 5.41) is 15.8. The number of aliphatic hydroxyl groups is 1. The molecular weight excluding hydrogens is 270 g/mol. The number of aliphatic hydroxyl groups excluding tert-OH is 1. The van der Waals surface area contributed by atoms with Crippen LogP contribution in [0.1, 0.15) is 20.3 Å². The van der Waals surface area contributed by atoms with Crippen LogP contribution in [0.15, 0.2) is 11.4 Å². The van der Waals surface area contributed by atoms with Gasteiger partial charge in [-0.25, -0.2) is 9.97 Å². The molecule has 0 aliphatic carbocycles. The third-order valence-corrected chi connectivity index (χ3v) is 3.59. The highest BCUT2D eigenvalue weighted by Crippen LogP contribution is 2.27. The first-order valence-corrected chi connectivity index (χ1v) is 7.14. The monoisotopic (exact) mass is 285 g/mol. The Bertz CT molecular complexity index is 529. The van der Waals surface area contributed by atoms with Crippen LogP contribution in [0.25, 0.3) is 10.2 Å². The van der Waals surface area contributed by atoms with Gasteiger partial charge >= 0.3 is 0 Å². The molecule has 0 aromatic carbocycles. The Morgan fingerprint density at radius 3 is 2.89 bits per heavy atom. The zero-order chi connectivity index (χ0) is 13.1. The first-order valence-electron chi connectivity index (χ1n) is 5.88. The van der Waals surface area contributed by atoms with E-state index in [-0.39, 0.29) is 17.9 Å². The van der Waals surface area contributed by atoms with E-state index in [0.717, 1.165) is 16.6 Å². The zero-order valence-electron chi connectivity index (χ0n) is 10.4. The molecule has 18 heavy (non-hydrogen) atoms. The van der Waals surface area contributed by atoms with Gasteiger partial charge in [0.05, 0.1) is 18.0 Å². The van der Waals surface area contributed by atoms with Crippen LogP contribution in [0.3, 0.4) is 0 Å². The van der Waals surface area contributed by atoms with Crippen LogP contribution in [0.4, 0.5) is 5.82 Å². The summed E-state index contributed by atoms with van der Waals surface area (Å²) in [6, 6.07) is 1.95. The summed E-state index contributed by atoms with van der Waals surface area (Å²) >= 11 is 7.42. The van der Waals surface area contributed by atoms with E-state index >= 15 is 0 Å². The highest BCUT2D eigenvalue weighted by Gasteiger charge is 2.14. The Kier molecular flexibility index (Phi) is 4.37. The Hall–Kier alpha value is -0.910. The molecule has 2 N–H and O–H groups in total. The van der Waals surface area contributed by atoms with Gasteiger partial charge in [0, 0.05) is 0 Å². The molecule has 2 heterocycles. The number of fused-ring (bicyclic) bond motifs is 1. The van der Waals surface area contributed by atoms with Crippen molar-refractivity contribution in [3.05, 3.63) is 16.7 Å². The molecular formula is C12H16ClN3OS. The molecule has 98 valence electrons. The number of anilines is 1. The van der Waals surface area contributed by atoms with Gasteiger partial charge in [0.15, 0.2) is 0 Å². The third kappa shape index (κ3) is 3.10. The molecule has 2 rings (SSSR count). The van der Waals surface area contributed by atoms with Gasteiger partial charge in [-0.2, -0.15) is 0 Å². The lowest BCUT2D eigenvalue weighted by Gasteiger charge is -2.19. The van der Waals surface area contributed by atoms with Gasteiger partial charge in [0.2, 0.25) is 5.28 Å². The lowest BCUT2D eigenvalue weighted by Crippen LogP contribution is -2.26. The van der Waals surface area contributed by atoms with Gasteiger partial charge in [-0.3, -0.25) is 0 Å². The Morgan fingerprint density at radius 2 is 2.22 bits per heavy atom. The number of halogens is 1. The van der Waals surface area contributed by atoms with E-state index in [2.05, 4.69) is 29.1 Å². The van der Waals surface area contributed by atoms with Crippen molar-refractivity contribution in [1.29, 1.82) is 0 Å². The molecule has 0 saturated carbocycles. The first kappa shape index (κ1) is 13.5. The molecule has 2 aromatic rings. The Labute approximate surface area is 115 Å². The molecule has 0 amide bonds.